The van der Waals surface area contributed by atoms with Gasteiger partial charge in [0.2, 0.25) is 5.91 Å². The van der Waals surface area contributed by atoms with Crippen LogP contribution < -0.4 is 10.9 Å². The van der Waals surface area contributed by atoms with Crippen molar-refractivity contribution in [2.24, 2.45) is 0 Å². The predicted molar refractivity (Wildman–Crippen MR) is 124 cm³/mol. The van der Waals surface area contributed by atoms with Crippen LogP contribution in [0.5, 0.6) is 0 Å². The summed E-state index contributed by atoms with van der Waals surface area (Å²) < 4.78 is 15.8. The van der Waals surface area contributed by atoms with Crippen molar-refractivity contribution in [3.8, 4) is 5.69 Å². The average Bonchev–Trinajstić information content (AvgIpc) is 3.28. The third kappa shape index (κ3) is 4.70. The number of carbonyl (C=O) groups is 1. The molecule has 5 nitrogen and oxygen atoms in total. The number of benzene rings is 2. The molecule has 2 heterocycles. The summed E-state index contributed by atoms with van der Waals surface area (Å²) in [5.74, 6) is -0.694. The Morgan fingerprint density at radius 2 is 1.94 bits per heavy atom. The molecule has 0 bridgehead atoms. The van der Waals surface area contributed by atoms with Crippen LogP contribution in [0.2, 0.25) is 0 Å². The Kier molecular flexibility index (Phi) is 6.48. The Balaban J connectivity index is 1.63. The predicted octanol–water partition coefficient (Wildman–Crippen LogP) is 4.43. The average molecular weight is 454 g/mol. The molecular weight excluding hydrogens is 433 g/mol. The second kappa shape index (κ2) is 9.45. The zero-order valence-electron chi connectivity index (χ0n) is 16.7. The molecule has 1 atom stereocenters. The molecule has 0 aliphatic rings. The molecule has 0 saturated carbocycles. The van der Waals surface area contributed by atoms with Gasteiger partial charge in [0.15, 0.2) is 5.16 Å². The van der Waals surface area contributed by atoms with Gasteiger partial charge in [-0.25, -0.2) is 9.37 Å². The van der Waals surface area contributed by atoms with E-state index in [9.17, 15) is 14.0 Å². The van der Waals surface area contributed by atoms with Gasteiger partial charge >= 0.3 is 0 Å². The summed E-state index contributed by atoms with van der Waals surface area (Å²) in [6, 6.07) is 17.0. The maximum absolute atomic E-state index is 14.6. The minimum atomic E-state index is -0.531. The Labute approximate surface area is 187 Å². The van der Waals surface area contributed by atoms with Crippen molar-refractivity contribution in [3.63, 3.8) is 0 Å². The number of thioether (sulfide) groups is 1. The summed E-state index contributed by atoms with van der Waals surface area (Å²) in [5.41, 5.74) is 0.245. The lowest BCUT2D eigenvalue weighted by Gasteiger charge is -2.16. The van der Waals surface area contributed by atoms with E-state index in [4.69, 9.17) is 0 Å². The number of nitrogens with zero attached hydrogens (tertiary/aromatic N) is 2. The first kappa shape index (κ1) is 21.3. The molecule has 0 aliphatic heterocycles. The van der Waals surface area contributed by atoms with Gasteiger partial charge in [-0.3, -0.25) is 14.2 Å². The van der Waals surface area contributed by atoms with Gasteiger partial charge in [0.25, 0.3) is 5.56 Å². The van der Waals surface area contributed by atoms with Gasteiger partial charge in [0.1, 0.15) is 5.82 Å². The zero-order chi connectivity index (χ0) is 21.8. The van der Waals surface area contributed by atoms with E-state index in [-0.39, 0.29) is 22.3 Å². The first-order chi connectivity index (χ1) is 15.0. The number of fused-ring (bicyclic) bond motifs is 1. The van der Waals surface area contributed by atoms with Gasteiger partial charge in [-0.15, -0.1) is 11.3 Å². The van der Waals surface area contributed by atoms with Crippen molar-refractivity contribution in [2.75, 3.05) is 6.54 Å². The van der Waals surface area contributed by atoms with Gasteiger partial charge in [-0.1, -0.05) is 42.1 Å². The fourth-order valence-electron chi connectivity index (χ4n) is 3.16. The minimum absolute atomic E-state index is 0.110. The highest BCUT2D eigenvalue weighted by Gasteiger charge is 2.21. The van der Waals surface area contributed by atoms with Crippen LogP contribution in [-0.2, 0) is 11.2 Å². The monoisotopic (exact) mass is 453 g/mol. The number of aromatic nitrogens is 2. The molecule has 1 amide bonds. The highest BCUT2D eigenvalue weighted by molar-refractivity contribution is 8.00. The second-order valence-electron chi connectivity index (χ2n) is 6.88. The number of halogens is 1. The maximum atomic E-state index is 14.6. The molecule has 31 heavy (non-hydrogen) atoms. The van der Waals surface area contributed by atoms with Crippen molar-refractivity contribution < 1.29 is 9.18 Å². The summed E-state index contributed by atoms with van der Waals surface area (Å²) in [4.78, 5) is 31.6. The van der Waals surface area contributed by atoms with Crippen LogP contribution in [-0.4, -0.2) is 27.3 Å². The molecule has 4 aromatic rings. The highest BCUT2D eigenvalue weighted by Crippen LogP contribution is 2.26. The fourth-order valence-corrected chi connectivity index (χ4v) is 4.81. The number of thiophene rings is 1. The third-order valence-electron chi connectivity index (χ3n) is 4.74. The molecule has 2 aromatic heterocycles. The quantitative estimate of drug-likeness (QED) is 0.332. The van der Waals surface area contributed by atoms with Gasteiger partial charge in [-0.2, -0.15) is 0 Å². The number of carbonyl (C=O) groups excluding carboxylic acids is 1. The van der Waals surface area contributed by atoms with E-state index in [2.05, 4.69) is 10.3 Å². The maximum Gasteiger partial charge on any atom is 0.266 e. The van der Waals surface area contributed by atoms with Crippen LogP contribution in [0.1, 0.15) is 11.8 Å². The lowest BCUT2D eigenvalue weighted by Crippen LogP contribution is -2.33. The van der Waals surface area contributed by atoms with Crippen LogP contribution in [0, 0.1) is 5.82 Å². The minimum Gasteiger partial charge on any atom is -0.355 e. The number of rotatable bonds is 7. The van der Waals surface area contributed by atoms with Crippen molar-refractivity contribution >= 4 is 39.9 Å². The Morgan fingerprint density at radius 1 is 1.16 bits per heavy atom. The summed E-state index contributed by atoms with van der Waals surface area (Å²) in [6.45, 7) is 2.27. The first-order valence-corrected chi connectivity index (χ1v) is 11.5. The molecule has 1 N–H and O–H groups in total. The van der Waals surface area contributed by atoms with E-state index in [0.717, 1.165) is 18.2 Å². The third-order valence-corrected chi connectivity index (χ3v) is 6.73. The fraction of sp³-hybridized carbons (Fsp3) is 0.174. The van der Waals surface area contributed by atoms with E-state index >= 15 is 0 Å². The van der Waals surface area contributed by atoms with Crippen LogP contribution in [0.3, 0.4) is 0 Å². The van der Waals surface area contributed by atoms with Crippen molar-refractivity contribution in [2.45, 2.75) is 23.8 Å². The molecular formula is C23H20FN3O2S2. The molecule has 2 aromatic carbocycles. The Morgan fingerprint density at radius 3 is 2.71 bits per heavy atom. The van der Waals surface area contributed by atoms with E-state index in [1.165, 1.54) is 21.6 Å². The molecule has 0 fully saturated rings. The number of para-hydroxylation sites is 2. The highest BCUT2D eigenvalue weighted by atomic mass is 32.2. The first-order valence-electron chi connectivity index (χ1n) is 9.78. The molecule has 4 rings (SSSR count). The number of hydrogen-bond donors (Lipinski definition) is 1. The normalized spacial score (nSPS) is 12.1. The summed E-state index contributed by atoms with van der Waals surface area (Å²) in [7, 11) is 0. The van der Waals surface area contributed by atoms with E-state index < -0.39 is 11.1 Å². The van der Waals surface area contributed by atoms with E-state index in [1.54, 1.807) is 54.7 Å². The van der Waals surface area contributed by atoms with Crippen LogP contribution >= 0.6 is 23.1 Å². The van der Waals surface area contributed by atoms with Crippen LogP contribution in [0.15, 0.2) is 76.0 Å². The van der Waals surface area contributed by atoms with E-state index in [1.807, 2.05) is 17.5 Å². The molecule has 0 saturated heterocycles. The molecule has 0 spiro atoms. The largest absolute Gasteiger partial charge is 0.355 e. The SMILES string of the molecule is CC(Sc1nc2ccccc2c(=O)n1-c1ccccc1F)C(=O)NCCc1cccs1. The molecule has 1 unspecified atom stereocenters. The van der Waals surface area contributed by atoms with Crippen LogP contribution in [0.4, 0.5) is 4.39 Å². The Bertz CT molecular complexity index is 1270. The summed E-state index contributed by atoms with van der Waals surface area (Å²) in [6.07, 6.45) is 0.759. The smallest absolute Gasteiger partial charge is 0.266 e. The molecule has 0 aliphatic carbocycles. The number of hydrogen-bond acceptors (Lipinski definition) is 5. The Hall–Kier alpha value is -2.97. The van der Waals surface area contributed by atoms with Crippen molar-refractivity contribution in [1.82, 2.24) is 14.9 Å². The van der Waals surface area contributed by atoms with Gasteiger partial charge in [-0.05, 0) is 49.1 Å². The second-order valence-corrected chi connectivity index (χ2v) is 9.22. The van der Waals surface area contributed by atoms with Crippen molar-refractivity contribution in [1.29, 1.82) is 0 Å². The van der Waals surface area contributed by atoms with Crippen LogP contribution in [0.25, 0.3) is 16.6 Å². The standard InChI is InChI=1S/C23H20FN3O2S2/c1-15(21(28)25-13-12-16-7-6-14-30-16)31-23-26-19-10-4-2-8-17(19)22(29)27(23)20-11-5-3-9-18(20)24/h2-11,14-15H,12-13H2,1H3,(H,25,28). The summed E-state index contributed by atoms with van der Waals surface area (Å²) in [5, 5.41) is 5.07. The lowest BCUT2D eigenvalue weighted by atomic mass is 10.2. The van der Waals surface area contributed by atoms with E-state index in [0.29, 0.717) is 17.4 Å². The molecule has 158 valence electrons. The van der Waals surface area contributed by atoms with Gasteiger partial charge in [0, 0.05) is 11.4 Å². The molecule has 8 heteroatoms. The zero-order valence-corrected chi connectivity index (χ0v) is 18.4. The lowest BCUT2D eigenvalue weighted by molar-refractivity contribution is -0.120. The number of amides is 1. The number of nitrogens with one attached hydrogen (secondary N) is 1. The molecule has 0 radical (unpaired) electrons. The van der Waals surface area contributed by atoms with Gasteiger partial charge in [0.05, 0.1) is 21.8 Å². The summed E-state index contributed by atoms with van der Waals surface area (Å²) >= 11 is 2.78. The van der Waals surface area contributed by atoms with Gasteiger partial charge < -0.3 is 5.32 Å². The topological polar surface area (TPSA) is 64.0 Å². The van der Waals surface area contributed by atoms with Crippen molar-refractivity contribution in [3.05, 3.63) is 87.1 Å².